The number of carbonyl (C=O) groups is 1. The number of carbonyl (C=O) groups excluding carboxylic acids is 1. The van der Waals surface area contributed by atoms with Crippen LogP contribution in [-0.2, 0) is 6.61 Å². The maximum atomic E-state index is 12.9. The van der Waals surface area contributed by atoms with Gasteiger partial charge in [0.05, 0.1) is 6.61 Å². The number of amides is 1. The molecule has 4 aromatic rings. The van der Waals surface area contributed by atoms with Gasteiger partial charge in [-0.05, 0) is 50.2 Å². The van der Waals surface area contributed by atoms with Gasteiger partial charge >= 0.3 is 0 Å². The summed E-state index contributed by atoms with van der Waals surface area (Å²) in [7, 11) is 0. The minimum atomic E-state index is -0.256. The minimum Gasteiger partial charge on any atom is -0.490 e. The monoisotopic (exact) mass is 429 g/mol. The van der Waals surface area contributed by atoms with Crippen molar-refractivity contribution >= 4 is 11.6 Å². The average molecular weight is 429 g/mol. The zero-order valence-corrected chi connectivity index (χ0v) is 17.8. The molecule has 0 saturated heterocycles. The van der Waals surface area contributed by atoms with Gasteiger partial charge in [-0.2, -0.15) is 5.10 Å². The molecule has 0 aliphatic rings. The lowest BCUT2D eigenvalue weighted by atomic mass is 10.1. The van der Waals surface area contributed by atoms with Gasteiger partial charge in [0.25, 0.3) is 5.91 Å². The lowest BCUT2D eigenvalue weighted by Gasteiger charge is -2.13. The van der Waals surface area contributed by atoms with Gasteiger partial charge in [-0.15, -0.1) is 0 Å². The third kappa shape index (κ3) is 5.10. The maximum Gasteiger partial charge on any atom is 0.255 e. The first-order valence-electron chi connectivity index (χ1n) is 10.2. The number of hydrogen-bond donors (Lipinski definition) is 2. The van der Waals surface area contributed by atoms with Gasteiger partial charge in [-0.25, -0.2) is 4.98 Å². The summed E-state index contributed by atoms with van der Waals surface area (Å²) in [4.78, 5) is 21.3. The van der Waals surface area contributed by atoms with Crippen molar-refractivity contribution < 1.29 is 14.3 Å². The summed E-state index contributed by atoms with van der Waals surface area (Å²) in [6.45, 7) is 4.52. The van der Waals surface area contributed by atoms with E-state index < -0.39 is 0 Å². The first kappa shape index (κ1) is 21.0. The average Bonchev–Trinajstić information content (AvgIpc) is 3.25. The second kappa shape index (κ2) is 9.74. The van der Waals surface area contributed by atoms with E-state index in [1.807, 2.05) is 50.2 Å². The Morgan fingerprint density at radius 3 is 2.72 bits per heavy atom. The zero-order valence-electron chi connectivity index (χ0n) is 17.8. The molecule has 2 aromatic carbocycles. The van der Waals surface area contributed by atoms with Crippen LogP contribution < -0.4 is 14.8 Å². The Labute approximate surface area is 185 Å². The van der Waals surface area contributed by atoms with Crippen molar-refractivity contribution in [3.63, 3.8) is 0 Å². The second-order valence-electron chi connectivity index (χ2n) is 7.02. The Bertz CT molecular complexity index is 1210. The van der Waals surface area contributed by atoms with Crippen LogP contribution >= 0.6 is 0 Å². The number of anilines is 1. The van der Waals surface area contributed by atoms with Crippen LogP contribution in [0.5, 0.6) is 11.5 Å². The van der Waals surface area contributed by atoms with Gasteiger partial charge in [0.15, 0.2) is 17.3 Å². The van der Waals surface area contributed by atoms with Crippen molar-refractivity contribution in [3.8, 4) is 22.9 Å². The Morgan fingerprint density at radius 2 is 1.97 bits per heavy atom. The molecule has 2 N–H and O–H groups in total. The van der Waals surface area contributed by atoms with Crippen molar-refractivity contribution in [3.05, 3.63) is 83.9 Å². The van der Waals surface area contributed by atoms with E-state index in [-0.39, 0.29) is 5.91 Å². The summed E-state index contributed by atoms with van der Waals surface area (Å²) < 4.78 is 11.6. The second-order valence-corrected chi connectivity index (χ2v) is 7.02. The molecule has 0 unspecified atom stereocenters. The fraction of sp³-hybridized carbons (Fsp3) is 0.167. The Balaban J connectivity index is 1.49. The van der Waals surface area contributed by atoms with Gasteiger partial charge in [0.1, 0.15) is 12.4 Å². The highest BCUT2D eigenvalue weighted by molar-refractivity contribution is 6.04. The molecule has 0 saturated carbocycles. The predicted molar refractivity (Wildman–Crippen MR) is 121 cm³/mol. The third-order valence-corrected chi connectivity index (χ3v) is 4.60. The molecular weight excluding hydrogens is 406 g/mol. The van der Waals surface area contributed by atoms with E-state index in [0.29, 0.717) is 41.8 Å². The van der Waals surface area contributed by atoms with Gasteiger partial charge in [0, 0.05) is 34.8 Å². The lowest BCUT2D eigenvalue weighted by molar-refractivity contribution is 0.102. The highest BCUT2D eigenvalue weighted by Gasteiger charge is 2.13. The number of nitrogens with one attached hydrogen (secondary N) is 2. The number of aromatic nitrogens is 4. The van der Waals surface area contributed by atoms with Crippen molar-refractivity contribution in [1.82, 2.24) is 20.2 Å². The predicted octanol–water partition coefficient (Wildman–Crippen LogP) is 4.41. The number of aryl methyl sites for hydroxylation is 1. The standard InChI is InChI=1S/C24H23N5O3/c1-3-31-22-13-19(9-10-21(22)32-15-17-6-5-11-25-14-17)24(30)27-20-8-4-7-18(12-20)23-26-16(2)28-29-23/h4-14H,3,15H2,1-2H3,(H,27,30)(H,26,28,29). The Hall–Kier alpha value is -4.20. The smallest absolute Gasteiger partial charge is 0.255 e. The van der Waals surface area contributed by atoms with E-state index in [2.05, 4.69) is 25.5 Å². The minimum absolute atomic E-state index is 0.256. The normalized spacial score (nSPS) is 10.6. The fourth-order valence-corrected chi connectivity index (χ4v) is 3.09. The summed E-state index contributed by atoms with van der Waals surface area (Å²) in [5, 5.41) is 9.89. The molecule has 0 aliphatic carbocycles. The Kier molecular flexibility index (Phi) is 6.41. The van der Waals surface area contributed by atoms with Crippen LogP contribution in [0.3, 0.4) is 0 Å². The van der Waals surface area contributed by atoms with Crippen LogP contribution in [0.2, 0.25) is 0 Å². The molecule has 1 amide bonds. The van der Waals surface area contributed by atoms with Gasteiger partial charge in [-0.3, -0.25) is 14.9 Å². The molecule has 32 heavy (non-hydrogen) atoms. The van der Waals surface area contributed by atoms with Crippen LogP contribution in [0, 0.1) is 6.92 Å². The number of nitrogens with zero attached hydrogens (tertiary/aromatic N) is 3. The molecule has 0 fully saturated rings. The van der Waals surface area contributed by atoms with Crippen molar-refractivity contribution in [2.75, 3.05) is 11.9 Å². The fourth-order valence-electron chi connectivity index (χ4n) is 3.09. The van der Waals surface area contributed by atoms with Gasteiger partial charge < -0.3 is 14.8 Å². The van der Waals surface area contributed by atoms with Crippen LogP contribution in [0.15, 0.2) is 67.0 Å². The first-order valence-corrected chi connectivity index (χ1v) is 10.2. The van der Waals surface area contributed by atoms with E-state index >= 15 is 0 Å². The largest absolute Gasteiger partial charge is 0.490 e. The van der Waals surface area contributed by atoms with E-state index in [1.54, 1.807) is 30.6 Å². The van der Waals surface area contributed by atoms with Crippen LogP contribution in [-0.4, -0.2) is 32.7 Å². The third-order valence-electron chi connectivity index (χ3n) is 4.60. The molecule has 0 atom stereocenters. The number of rotatable bonds is 8. The molecule has 8 nitrogen and oxygen atoms in total. The molecule has 0 radical (unpaired) electrons. The number of hydrogen-bond acceptors (Lipinski definition) is 6. The quantitative estimate of drug-likeness (QED) is 0.430. The number of ether oxygens (including phenoxy) is 2. The molecule has 0 bridgehead atoms. The van der Waals surface area contributed by atoms with Crippen molar-refractivity contribution in [2.45, 2.75) is 20.5 Å². The van der Waals surface area contributed by atoms with E-state index in [1.165, 1.54) is 0 Å². The summed E-state index contributed by atoms with van der Waals surface area (Å²) in [5.74, 6) is 2.12. The summed E-state index contributed by atoms with van der Waals surface area (Å²) in [6, 6.07) is 16.3. The number of pyridine rings is 1. The van der Waals surface area contributed by atoms with E-state index in [4.69, 9.17) is 9.47 Å². The maximum absolute atomic E-state index is 12.9. The van der Waals surface area contributed by atoms with Crippen LogP contribution in [0.4, 0.5) is 5.69 Å². The first-order chi connectivity index (χ1) is 15.6. The molecular formula is C24H23N5O3. The topological polar surface area (TPSA) is 102 Å². The molecule has 4 rings (SSSR count). The van der Waals surface area contributed by atoms with Crippen LogP contribution in [0.1, 0.15) is 28.7 Å². The summed E-state index contributed by atoms with van der Waals surface area (Å²) in [6.07, 6.45) is 3.46. The van der Waals surface area contributed by atoms with Crippen LogP contribution in [0.25, 0.3) is 11.4 Å². The summed E-state index contributed by atoms with van der Waals surface area (Å²) >= 11 is 0. The van der Waals surface area contributed by atoms with E-state index in [9.17, 15) is 4.79 Å². The van der Waals surface area contributed by atoms with Crippen molar-refractivity contribution in [2.24, 2.45) is 0 Å². The van der Waals surface area contributed by atoms with Gasteiger partial charge in [0.2, 0.25) is 0 Å². The molecule has 162 valence electrons. The lowest BCUT2D eigenvalue weighted by Crippen LogP contribution is -2.12. The highest BCUT2D eigenvalue weighted by atomic mass is 16.5. The zero-order chi connectivity index (χ0) is 22.3. The Morgan fingerprint density at radius 1 is 1.06 bits per heavy atom. The van der Waals surface area contributed by atoms with Gasteiger partial charge in [-0.1, -0.05) is 18.2 Å². The van der Waals surface area contributed by atoms with E-state index in [0.717, 1.165) is 17.0 Å². The molecule has 2 aromatic heterocycles. The molecule has 0 aliphatic heterocycles. The molecule has 8 heteroatoms. The molecule has 0 spiro atoms. The summed E-state index contributed by atoms with van der Waals surface area (Å²) in [5.41, 5.74) is 2.85. The number of H-pyrrole nitrogens is 1. The van der Waals surface area contributed by atoms with Crippen molar-refractivity contribution in [1.29, 1.82) is 0 Å². The number of aromatic amines is 1. The highest BCUT2D eigenvalue weighted by Crippen LogP contribution is 2.30. The SMILES string of the molecule is CCOc1cc(C(=O)Nc2cccc(-c3n[nH]c(C)n3)c2)ccc1OCc1cccnc1. The molecule has 2 heterocycles. The number of benzene rings is 2.